The Hall–Kier alpha value is -1.05. The lowest BCUT2D eigenvalue weighted by Crippen LogP contribution is -2.08. The second kappa shape index (κ2) is 2.49. The fraction of sp³-hybridized carbons (Fsp3) is 0.286. The van der Waals surface area contributed by atoms with Crippen LogP contribution in [-0.2, 0) is 0 Å². The van der Waals surface area contributed by atoms with E-state index in [1.807, 2.05) is 32.2 Å². The first-order valence-corrected chi connectivity index (χ1v) is 3.00. The Kier molecular flexibility index (Phi) is 1.68. The van der Waals surface area contributed by atoms with Gasteiger partial charge < -0.3 is 4.98 Å². The van der Waals surface area contributed by atoms with Crippen molar-refractivity contribution in [1.29, 1.82) is 0 Å². The van der Waals surface area contributed by atoms with Crippen molar-refractivity contribution in [2.45, 2.75) is 13.8 Å². The zero-order chi connectivity index (χ0) is 6.69. The molecule has 2 heteroatoms. The van der Waals surface area contributed by atoms with E-state index in [9.17, 15) is 0 Å². The van der Waals surface area contributed by atoms with Crippen molar-refractivity contribution in [2.75, 3.05) is 0 Å². The molecular formula is C7H10N2. The largest absolute Gasteiger partial charge is 0.340 e. The van der Waals surface area contributed by atoms with E-state index in [2.05, 4.69) is 9.97 Å². The molecular weight excluding hydrogens is 112 g/mol. The molecule has 0 saturated heterocycles. The zero-order valence-electron chi connectivity index (χ0n) is 5.68. The quantitative estimate of drug-likeness (QED) is 0.516. The van der Waals surface area contributed by atoms with E-state index >= 15 is 0 Å². The molecule has 0 aliphatic rings. The molecule has 1 aromatic rings. The molecule has 1 heterocycles. The molecule has 0 fully saturated rings. The molecule has 1 rings (SSSR count). The summed E-state index contributed by atoms with van der Waals surface area (Å²) in [6, 6.07) is 0. The summed E-state index contributed by atoms with van der Waals surface area (Å²) < 4.78 is 0. The molecule has 0 aliphatic heterocycles. The lowest BCUT2D eigenvalue weighted by atomic mass is 10.6. The number of H-pyrrole nitrogens is 1. The van der Waals surface area contributed by atoms with E-state index in [0.717, 1.165) is 10.8 Å². The minimum absolute atomic E-state index is 0.933. The number of aromatic amines is 1. The second-order valence-corrected chi connectivity index (χ2v) is 1.80. The molecule has 9 heavy (non-hydrogen) atoms. The number of hydrogen-bond acceptors (Lipinski definition) is 1. The van der Waals surface area contributed by atoms with Crippen LogP contribution >= 0.6 is 0 Å². The van der Waals surface area contributed by atoms with Crippen LogP contribution in [0.2, 0.25) is 0 Å². The van der Waals surface area contributed by atoms with Gasteiger partial charge in [0.1, 0.15) is 5.48 Å². The van der Waals surface area contributed by atoms with Gasteiger partial charge in [-0.2, -0.15) is 0 Å². The van der Waals surface area contributed by atoms with Crippen LogP contribution in [-0.4, -0.2) is 9.97 Å². The van der Waals surface area contributed by atoms with Gasteiger partial charge in [-0.3, -0.25) is 0 Å². The summed E-state index contributed by atoms with van der Waals surface area (Å²) in [6.07, 6.45) is 5.74. The molecule has 1 N–H and O–H groups in total. The Morgan fingerprint density at radius 1 is 1.44 bits per heavy atom. The maximum atomic E-state index is 4.06. The number of nitrogens with one attached hydrogen (secondary N) is 1. The van der Waals surface area contributed by atoms with Crippen molar-refractivity contribution in [3.63, 3.8) is 0 Å². The molecule has 0 aliphatic carbocycles. The number of nitrogens with zero attached hydrogens (tertiary/aromatic N) is 1. The Morgan fingerprint density at radius 2 is 2.22 bits per heavy atom. The highest BCUT2D eigenvalue weighted by Crippen LogP contribution is 1.57. The predicted octanol–water partition coefficient (Wildman–Crippen LogP) is 0.0105. The van der Waals surface area contributed by atoms with Gasteiger partial charge in [-0.1, -0.05) is 6.08 Å². The SMILES string of the molecule is CC=c1cnc(=CC)[nH]1. The highest BCUT2D eigenvalue weighted by molar-refractivity contribution is 5.15. The van der Waals surface area contributed by atoms with Crippen LogP contribution in [0.25, 0.3) is 12.2 Å². The van der Waals surface area contributed by atoms with Gasteiger partial charge in [-0.05, 0) is 19.9 Å². The summed E-state index contributed by atoms with van der Waals surface area (Å²) in [6.45, 7) is 3.94. The number of imidazole rings is 1. The summed E-state index contributed by atoms with van der Waals surface area (Å²) in [7, 11) is 0. The van der Waals surface area contributed by atoms with E-state index < -0.39 is 0 Å². The lowest BCUT2D eigenvalue weighted by molar-refractivity contribution is 1.19. The van der Waals surface area contributed by atoms with E-state index in [1.54, 1.807) is 0 Å². The predicted molar refractivity (Wildman–Crippen MR) is 38.1 cm³/mol. The van der Waals surface area contributed by atoms with Gasteiger partial charge in [0, 0.05) is 0 Å². The normalized spacial score (nSPS) is 14.9. The molecule has 0 saturated carbocycles. The molecule has 0 atom stereocenters. The van der Waals surface area contributed by atoms with Crippen molar-refractivity contribution >= 4 is 12.2 Å². The van der Waals surface area contributed by atoms with Gasteiger partial charge in [-0.15, -0.1) is 0 Å². The Balaban J connectivity index is 3.33. The second-order valence-electron chi connectivity index (χ2n) is 1.80. The highest BCUT2D eigenvalue weighted by atomic mass is 14.9. The number of aromatic nitrogens is 2. The Labute approximate surface area is 53.9 Å². The minimum Gasteiger partial charge on any atom is -0.340 e. The monoisotopic (exact) mass is 122 g/mol. The van der Waals surface area contributed by atoms with E-state index in [0.29, 0.717) is 0 Å². The molecule has 0 amide bonds. The summed E-state index contributed by atoms with van der Waals surface area (Å²) in [5.74, 6) is 0. The fourth-order valence-corrected chi connectivity index (χ4v) is 0.645. The van der Waals surface area contributed by atoms with Crippen molar-refractivity contribution in [2.24, 2.45) is 0 Å². The average Bonchev–Trinajstić information content (AvgIpc) is 2.34. The number of hydrogen-bond donors (Lipinski definition) is 1. The summed E-state index contributed by atoms with van der Waals surface area (Å²) in [4.78, 5) is 7.15. The standard InChI is InChI=1S/C7H10N2/c1-3-6-5-8-7(4-2)9-6/h3-5,9H,1-2H3. The smallest absolute Gasteiger partial charge is 0.126 e. The van der Waals surface area contributed by atoms with Gasteiger partial charge in [-0.25, -0.2) is 4.98 Å². The lowest BCUT2D eigenvalue weighted by Gasteiger charge is -1.68. The molecule has 0 unspecified atom stereocenters. The molecule has 2 nitrogen and oxygen atoms in total. The van der Waals surface area contributed by atoms with Crippen LogP contribution in [0.1, 0.15) is 13.8 Å². The molecule has 0 bridgehead atoms. The van der Waals surface area contributed by atoms with Crippen LogP contribution in [0.5, 0.6) is 0 Å². The van der Waals surface area contributed by atoms with Crippen LogP contribution in [0.15, 0.2) is 6.20 Å². The number of rotatable bonds is 0. The van der Waals surface area contributed by atoms with Crippen LogP contribution in [0, 0.1) is 0 Å². The Bertz CT molecular complexity index is 254. The van der Waals surface area contributed by atoms with Crippen LogP contribution < -0.4 is 10.8 Å². The minimum atomic E-state index is 0.933. The first-order chi connectivity index (χ1) is 4.36. The first-order valence-electron chi connectivity index (χ1n) is 3.00. The molecule has 0 radical (unpaired) electrons. The van der Waals surface area contributed by atoms with Gasteiger partial charge in [0.25, 0.3) is 0 Å². The molecule has 48 valence electrons. The van der Waals surface area contributed by atoms with Crippen molar-refractivity contribution in [3.8, 4) is 0 Å². The van der Waals surface area contributed by atoms with Gasteiger partial charge in [0.15, 0.2) is 0 Å². The third kappa shape index (κ3) is 1.19. The maximum Gasteiger partial charge on any atom is 0.126 e. The third-order valence-corrected chi connectivity index (χ3v) is 1.20. The van der Waals surface area contributed by atoms with Gasteiger partial charge in [0.05, 0.1) is 11.5 Å². The van der Waals surface area contributed by atoms with Crippen LogP contribution in [0.4, 0.5) is 0 Å². The van der Waals surface area contributed by atoms with Crippen molar-refractivity contribution in [3.05, 3.63) is 17.0 Å². The van der Waals surface area contributed by atoms with Crippen LogP contribution in [0.3, 0.4) is 0 Å². The average molecular weight is 122 g/mol. The van der Waals surface area contributed by atoms with E-state index in [1.165, 1.54) is 0 Å². The molecule has 0 spiro atoms. The van der Waals surface area contributed by atoms with Gasteiger partial charge >= 0.3 is 0 Å². The topological polar surface area (TPSA) is 28.7 Å². The Morgan fingerprint density at radius 3 is 2.56 bits per heavy atom. The first kappa shape index (κ1) is 6.08. The summed E-state index contributed by atoms with van der Waals surface area (Å²) in [5.41, 5.74) is 0.933. The highest BCUT2D eigenvalue weighted by Gasteiger charge is 1.77. The van der Waals surface area contributed by atoms with E-state index in [4.69, 9.17) is 0 Å². The molecule has 0 aromatic carbocycles. The maximum absolute atomic E-state index is 4.06. The van der Waals surface area contributed by atoms with Gasteiger partial charge in [0.2, 0.25) is 0 Å². The summed E-state index contributed by atoms with van der Waals surface area (Å²) >= 11 is 0. The van der Waals surface area contributed by atoms with E-state index in [-0.39, 0.29) is 0 Å². The van der Waals surface area contributed by atoms with Crippen molar-refractivity contribution in [1.82, 2.24) is 9.97 Å². The third-order valence-electron chi connectivity index (χ3n) is 1.20. The van der Waals surface area contributed by atoms with Crippen molar-refractivity contribution < 1.29 is 0 Å². The molecule has 1 aromatic heterocycles. The fourth-order valence-electron chi connectivity index (χ4n) is 0.645. The summed E-state index contributed by atoms with van der Waals surface area (Å²) in [5, 5.41) is 1.07. The zero-order valence-corrected chi connectivity index (χ0v) is 5.68.